The van der Waals surface area contributed by atoms with Crippen molar-refractivity contribution >= 4 is 29.3 Å². The molecule has 0 aliphatic carbocycles. The summed E-state index contributed by atoms with van der Waals surface area (Å²) in [5.74, 6) is 1.12. The highest BCUT2D eigenvalue weighted by Gasteiger charge is 2.21. The molecule has 2 rings (SSSR count). The fourth-order valence-electron chi connectivity index (χ4n) is 2.13. The van der Waals surface area contributed by atoms with Crippen molar-refractivity contribution in [2.75, 3.05) is 16.8 Å². The minimum Gasteiger partial charge on any atom is -0.478 e. The molecule has 0 radical (unpaired) electrons. The number of carbonyl (C=O) groups excluding carboxylic acids is 1. The second-order valence-corrected chi connectivity index (χ2v) is 5.94. The number of aromatic carboxylic acids is 1. The molecule has 19 heavy (non-hydrogen) atoms. The van der Waals surface area contributed by atoms with Crippen LogP contribution in [0.5, 0.6) is 0 Å². The topological polar surface area (TPSA) is 66.4 Å². The molecule has 0 atom stereocenters. The van der Waals surface area contributed by atoms with E-state index in [4.69, 9.17) is 5.11 Å². The molecule has 1 saturated heterocycles. The summed E-state index contributed by atoms with van der Waals surface area (Å²) in [7, 11) is 0. The van der Waals surface area contributed by atoms with E-state index in [1.807, 2.05) is 11.8 Å². The van der Waals surface area contributed by atoms with E-state index in [2.05, 4.69) is 5.32 Å². The number of anilines is 1. The molecule has 2 N–H and O–H groups in total. The molecule has 1 aliphatic rings. The van der Waals surface area contributed by atoms with E-state index < -0.39 is 5.97 Å². The molecule has 1 aliphatic heterocycles. The van der Waals surface area contributed by atoms with Crippen molar-refractivity contribution in [2.45, 2.75) is 19.8 Å². The number of carbonyl (C=O) groups is 2. The molecule has 0 bridgehead atoms. The highest BCUT2D eigenvalue weighted by Crippen LogP contribution is 2.24. The van der Waals surface area contributed by atoms with E-state index in [0.717, 1.165) is 24.3 Å². The van der Waals surface area contributed by atoms with Crippen LogP contribution in [0.25, 0.3) is 0 Å². The van der Waals surface area contributed by atoms with Crippen LogP contribution < -0.4 is 5.32 Å². The summed E-state index contributed by atoms with van der Waals surface area (Å²) in [6.45, 7) is 1.74. The standard InChI is InChI=1S/C14H17NO3S/c1-9-2-3-11(8-12(9)14(17)18)15-13(16)10-4-6-19-7-5-10/h2-3,8,10H,4-7H2,1H3,(H,15,16)(H,17,18). The van der Waals surface area contributed by atoms with Crippen LogP contribution in [0.3, 0.4) is 0 Å². The number of rotatable bonds is 3. The molecular formula is C14H17NO3S. The van der Waals surface area contributed by atoms with Gasteiger partial charge in [0.2, 0.25) is 5.91 Å². The Morgan fingerprint density at radius 2 is 2.00 bits per heavy atom. The van der Waals surface area contributed by atoms with Gasteiger partial charge in [-0.25, -0.2) is 4.79 Å². The number of amides is 1. The summed E-state index contributed by atoms with van der Waals surface area (Å²) in [5, 5.41) is 11.9. The Balaban J connectivity index is 2.08. The minimum absolute atomic E-state index is 0.000455. The summed E-state index contributed by atoms with van der Waals surface area (Å²) < 4.78 is 0. The van der Waals surface area contributed by atoms with E-state index in [1.54, 1.807) is 19.1 Å². The van der Waals surface area contributed by atoms with Crippen LogP contribution in [-0.4, -0.2) is 28.5 Å². The van der Waals surface area contributed by atoms with Crippen molar-refractivity contribution in [1.82, 2.24) is 0 Å². The minimum atomic E-state index is -0.970. The van der Waals surface area contributed by atoms with Gasteiger partial charge in [-0.2, -0.15) is 11.8 Å². The van der Waals surface area contributed by atoms with Gasteiger partial charge in [-0.05, 0) is 49.0 Å². The van der Waals surface area contributed by atoms with Gasteiger partial charge in [0.25, 0.3) is 0 Å². The third kappa shape index (κ3) is 3.50. The van der Waals surface area contributed by atoms with Crippen LogP contribution in [0, 0.1) is 12.8 Å². The predicted octanol–water partition coefficient (Wildman–Crippen LogP) is 2.77. The molecule has 0 unspecified atom stereocenters. The first-order chi connectivity index (χ1) is 9.08. The largest absolute Gasteiger partial charge is 0.478 e. The highest BCUT2D eigenvalue weighted by atomic mass is 32.2. The van der Waals surface area contributed by atoms with Crippen molar-refractivity contribution in [3.8, 4) is 0 Å². The maximum Gasteiger partial charge on any atom is 0.336 e. The molecule has 0 saturated carbocycles. The van der Waals surface area contributed by atoms with E-state index in [-0.39, 0.29) is 17.4 Å². The molecule has 1 fully saturated rings. The molecule has 0 aromatic heterocycles. The zero-order valence-electron chi connectivity index (χ0n) is 10.8. The number of carboxylic acid groups (broad SMARTS) is 1. The summed E-state index contributed by atoms with van der Waals surface area (Å²) in [4.78, 5) is 23.1. The fourth-order valence-corrected chi connectivity index (χ4v) is 3.24. The van der Waals surface area contributed by atoms with Crippen LogP contribution in [0.2, 0.25) is 0 Å². The molecule has 1 heterocycles. The molecule has 5 heteroatoms. The lowest BCUT2D eigenvalue weighted by atomic mass is 10.0. The summed E-state index contributed by atoms with van der Waals surface area (Å²) >= 11 is 1.87. The third-order valence-corrected chi connectivity index (χ3v) is 4.38. The van der Waals surface area contributed by atoms with Crippen LogP contribution >= 0.6 is 11.8 Å². The zero-order valence-corrected chi connectivity index (χ0v) is 11.6. The second kappa shape index (κ2) is 6.10. The van der Waals surface area contributed by atoms with Crippen molar-refractivity contribution in [3.05, 3.63) is 29.3 Å². The summed E-state index contributed by atoms with van der Waals surface area (Å²) in [5.41, 5.74) is 1.49. The summed E-state index contributed by atoms with van der Waals surface area (Å²) in [6, 6.07) is 4.99. The van der Waals surface area contributed by atoms with Gasteiger partial charge >= 0.3 is 5.97 Å². The highest BCUT2D eigenvalue weighted by molar-refractivity contribution is 7.99. The number of nitrogens with one attached hydrogen (secondary N) is 1. The van der Waals surface area contributed by atoms with Crippen LogP contribution in [0.4, 0.5) is 5.69 Å². The number of carboxylic acids is 1. The number of thioether (sulfide) groups is 1. The Kier molecular flexibility index (Phi) is 4.47. The van der Waals surface area contributed by atoms with Crippen LogP contribution in [-0.2, 0) is 4.79 Å². The average molecular weight is 279 g/mol. The monoisotopic (exact) mass is 279 g/mol. The van der Waals surface area contributed by atoms with Gasteiger partial charge in [-0.15, -0.1) is 0 Å². The number of hydrogen-bond donors (Lipinski definition) is 2. The van der Waals surface area contributed by atoms with Gasteiger partial charge in [-0.1, -0.05) is 6.07 Å². The van der Waals surface area contributed by atoms with Crippen molar-refractivity contribution in [3.63, 3.8) is 0 Å². The predicted molar refractivity (Wildman–Crippen MR) is 76.8 cm³/mol. The van der Waals surface area contributed by atoms with E-state index >= 15 is 0 Å². The fraction of sp³-hybridized carbons (Fsp3) is 0.429. The number of aryl methyl sites for hydroxylation is 1. The average Bonchev–Trinajstić information content (AvgIpc) is 2.41. The molecule has 1 amide bonds. The zero-order chi connectivity index (χ0) is 13.8. The van der Waals surface area contributed by atoms with Crippen molar-refractivity contribution in [2.24, 2.45) is 5.92 Å². The molecule has 1 aromatic rings. The van der Waals surface area contributed by atoms with Gasteiger partial charge in [0.1, 0.15) is 0 Å². The van der Waals surface area contributed by atoms with Gasteiger partial charge in [0.15, 0.2) is 0 Å². The van der Waals surface area contributed by atoms with Crippen LogP contribution in [0.1, 0.15) is 28.8 Å². The van der Waals surface area contributed by atoms with E-state index in [0.29, 0.717) is 11.3 Å². The van der Waals surface area contributed by atoms with Gasteiger partial charge in [-0.3, -0.25) is 4.79 Å². The first-order valence-corrected chi connectivity index (χ1v) is 7.46. The normalized spacial score (nSPS) is 16.1. The van der Waals surface area contributed by atoms with Gasteiger partial charge in [0.05, 0.1) is 5.56 Å². The maximum absolute atomic E-state index is 12.1. The first-order valence-electron chi connectivity index (χ1n) is 6.30. The Hall–Kier alpha value is -1.49. The number of hydrogen-bond acceptors (Lipinski definition) is 3. The van der Waals surface area contributed by atoms with E-state index in [9.17, 15) is 9.59 Å². The maximum atomic E-state index is 12.1. The Labute approximate surface area is 116 Å². The molecule has 102 valence electrons. The lowest BCUT2D eigenvalue weighted by Gasteiger charge is -2.20. The molecular weight excluding hydrogens is 262 g/mol. The van der Waals surface area contributed by atoms with Crippen molar-refractivity contribution in [1.29, 1.82) is 0 Å². The molecule has 4 nitrogen and oxygen atoms in total. The Bertz CT molecular complexity index is 495. The lowest BCUT2D eigenvalue weighted by Crippen LogP contribution is -2.26. The quantitative estimate of drug-likeness (QED) is 0.893. The van der Waals surface area contributed by atoms with E-state index in [1.165, 1.54) is 6.07 Å². The number of benzene rings is 1. The molecule has 0 spiro atoms. The van der Waals surface area contributed by atoms with Crippen LogP contribution in [0.15, 0.2) is 18.2 Å². The van der Waals surface area contributed by atoms with Gasteiger partial charge < -0.3 is 10.4 Å². The second-order valence-electron chi connectivity index (χ2n) is 4.71. The Morgan fingerprint density at radius 1 is 1.32 bits per heavy atom. The molecule has 1 aromatic carbocycles. The van der Waals surface area contributed by atoms with Gasteiger partial charge in [0, 0.05) is 11.6 Å². The lowest BCUT2D eigenvalue weighted by molar-refractivity contribution is -0.120. The van der Waals surface area contributed by atoms with Crippen molar-refractivity contribution < 1.29 is 14.7 Å². The SMILES string of the molecule is Cc1ccc(NC(=O)C2CCSCC2)cc1C(=O)O. The third-order valence-electron chi connectivity index (χ3n) is 3.33. The first kappa shape index (κ1) is 13.9. The Morgan fingerprint density at radius 3 is 2.63 bits per heavy atom. The summed E-state index contributed by atoms with van der Waals surface area (Å²) in [6.07, 6.45) is 1.79. The smallest absolute Gasteiger partial charge is 0.336 e.